The minimum Gasteiger partial charge on any atom is -0.484 e. The molecule has 0 saturated carbocycles. The average Bonchev–Trinajstić information content (AvgIpc) is 2.77. The summed E-state index contributed by atoms with van der Waals surface area (Å²) in [6, 6.07) is 10.5. The number of ether oxygens (including phenoxy) is 1. The minimum absolute atomic E-state index is 0.156. The first-order valence-electron chi connectivity index (χ1n) is 11.0. The Hall–Kier alpha value is -2.05. The van der Waals surface area contributed by atoms with Gasteiger partial charge < -0.3 is 15.0 Å². The van der Waals surface area contributed by atoms with E-state index < -0.39 is 6.04 Å². The van der Waals surface area contributed by atoms with Crippen molar-refractivity contribution in [3.63, 3.8) is 0 Å². The number of halogens is 2. The third-order valence-electron chi connectivity index (χ3n) is 5.29. The fourth-order valence-electron chi connectivity index (χ4n) is 3.45. The summed E-state index contributed by atoms with van der Waals surface area (Å²) >= 11 is 9.89. The molecule has 0 aromatic heterocycles. The summed E-state index contributed by atoms with van der Waals surface area (Å²) in [4.78, 5) is 27.7. The predicted molar refractivity (Wildman–Crippen MR) is 133 cm³/mol. The highest BCUT2D eigenvalue weighted by Gasteiger charge is 2.29. The second kappa shape index (κ2) is 12.9. The Morgan fingerprint density at radius 3 is 2.41 bits per heavy atom. The lowest BCUT2D eigenvalue weighted by Crippen LogP contribution is -2.50. The summed E-state index contributed by atoms with van der Waals surface area (Å²) in [7, 11) is 0. The molecule has 1 N–H and O–H groups in total. The molecule has 32 heavy (non-hydrogen) atoms. The monoisotopic (exact) mass is 522 g/mol. The Kier molecular flexibility index (Phi) is 10.5. The molecule has 0 radical (unpaired) electrons. The van der Waals surface area contributed by atoms with Crippen LogP contribution in [0, 0.1) is 13.8 Å². The zero-order valence-corrected chi connectivity index (χ0v) is 21.6. The molecule has 1 atom stereocenters. The van der Waals surface area contributed by atoms with E-state index in [0.717, 1.165) is 34.0 Å². The summed E-state index contributed by atoms with van der Waals surface area (Å²) in [6.45, 7) is 8.59. The van der Waals surface area contributed by atoms with Crippen molar-refractivity contribution >= 4 is 39.3 Å². The summed E-state index contributed by atoms with van der Waals surface area (Å²) in [5.41, 5.74) is 2.85. The second-order valence-electron chi connectivity index (χ2n) is 7.84. The van der Waals surface area contributed by atoms with Gasteiger partial charge in [0.25, 0.3) is 5.91 Å². The smallest absolute Gasteiger partial charge is 0.261 e. The van der Waals surface area contributed by atoms with E-state index in [1.165, 1.54) is 0 Å². The number of carbonyl (C=O) groups is 2. The van der Waals surface area contributed by atoms with Crippen LogP contribution in [-0.2, 0) is 16.1 Å². The fourth-order valence-corrected chi connectivity index (χ4v) is 3.88. The van der Waals surface area contributed by atoms with Gasteiger partial charge in [-0.25, -0.2) is 0 Å². The number of carbonyl (C=O) groups excluding carboxylic acids is 2. The minimum atomic E-state index is -0.604. The van der Waals surface area contributed by atoms with Gasteiger partial charge in [0.15, 0.2) is 6.61 Å². The van der Waals surface area contributed by atoms with E-state index in [0.29, 0.717) is 23.7 Å². The van der Waals surface area contributed by atoms with Crippen molar-refractivity contribution in [2.24, 2.45) is 0 Å². The van der Waals surface area contributed by atoms with Crippen LogP contribution in [0.1, 0.15) is 49.8 Å². The Balaban J connectivity index is 2.22. The third-order valence-corrected chi connectivity index (χ3v) is 6.91. The van der Waals surface area contributed by atoms with Gasteiger partial charge in [0.05, 0.1) is 0 Å². The van der Waals surface area contributed by atoms with Gasteiger partial charge >= 0.3 is 0 Å². The highest BCUT2D eigenvalue weighted by molar-refractivity contribution is 9.10. The van der Waals surface area contributed by atoms with Gasteiger partial charge in [-0.2, -0.15) is 0 Å². The zero-order valence-electron chi connectivity index (χ0n) is 19.2. The number of benzene rings is 2. The first kappa shape index (κ1) is 26.2. The van der Waals surface area contributed by atoms with E-state index in [1.54, 1.807) is 11.0 Å². The van der Waals surface area contributed by atoms with Crippen LogP contribution in [0.5, 0.6) is 5.75 Å². The molecular weight excluding hydrogens is 492 g/mol. The molecule has 0 bridgehead atoms. The molecule has 0 fully saturated rings. The van der Waals surface area contributed by atoms with Crippen molar-refractivity contribution in [2.45, 2.75) is 59.5 Å². The zero-order chi connectivity index (χ0) is 23.7. The largest absolute Gasteiger partial charge is 0.484 e. The Morgan fingerprint density at radius 2 is 1.81 bits per heavy atom. The van der Waals surface area contributed by atoms with Gasteiger partial charge in [0.1, 0.15) is 11.8 Å². The van der Waals surface area contributed by atoms with E-state index >= 15 is 0 Å². The van der Waals surface area contributed by atoms with Crippen molar-refractivity contribution in [3.05, 3.63) is 62.6 Å². The van der Waals surface area contributed by atoms with Crippen LogP contribution in [0.3, 0.4) is 0 Å². The van der Waals surface area contributed by atoms with E-state index in [-0.39, 0.29) is 25.0 Å². The maximum atomic E-state index is 13.3. The average molecular weight is 524 g/mol. The van der Waals surface area contributed by atoms with Gasteiger partial charge in [-0.05, 0) is 61.6 Å². The van der Waals surface area contributed by atoms with Crippen LogP contribution in [0.4, 0.5) is 0 Å². The molecule has 0 aliphatic rings. The van der Waals surface area contributed by atoms with Crippen LogP contribution in [0.2, 0.25) is 5.02 Å². The third kappa shape index (κ3) is 7.24. The van der Waals surface area contributed by atoms with Gasteiger partial charge in [0.2, 0.25) is 5.91 Å². The quantitative estimate of drug-likeness (QED) is 0.378. The van der Waals surface area contributed by atoms with E-state index in [9.17, 15) is 9.59 Å². The van der Waals surface area contributed by atoms with Crippen molar-refractivity contribution in [1.82, 2.24) is 10.2 Å². The molecule has 174 valence electrons. The normalized spacial score (nSPS) is 11.7. The first-order valence-corrected chi connectivity index (χ1v) is 12.2. The molecule has 2 amide bonds. The number of nitrogens with one attached hydrogen (secondary N) is 1. The van der Waals surface area contributed by atoms with Crippen molar-refractivity contribution in [2.75, 3.05) is 13.2 Å². The number of hydrogen-bond acceptors (Lipinski definition) is 3. The Morgan fingerprint density at radius 1 is 1.16 bits per heavy atom. The number of nitrogens with zero attached hydrogens (tertiary/aromatic N) is 1. The highest BCUT2D eigenvalue weighted by Crippen LogP contribution is 2.26. The lowest BCUT2D eigenvalue weighted by molar-refractivity contribution is -0.143. The van der Waals surface area contributed by atoms with E-state index in [1.807, 2.05) is 51.1 Å². The molecule has 0 spiro atoms. The van der Waals surface area contributed by atoms with Gasteiger partial charge in [0, 0.05) is 22.6 Å². The molecule has 0 aliphatic carbocycles. The van der Waals surface area contributed by atoms with Gasteiger partial charge in [-0.1, -0.05) is 66.0 Å². The molecule has 2 aromatic carbocycles. The number of amides is 2. The molecule has 2 rings (SSSR count). The standard InChI is InChI=1S/C25H32BrClN2O3/c1-5-7-12-28-25(31)22(6-2)29(15-19-10-8-9-11-21(19)27)23(30)16-32-20-13-17(3)24(26)18(4)14-20/h8-11,13-14,22H,5-7,12,15-16H2,1-4H3,(H,28,31)/t22-/m0/s1. The molecule has 0 unspecified atom stereocenters. The van der Waals surface area contributed by atoms with Crippen molar-refractivity contribution < 1.29 is 14.3 Å². The summed E-state index contributed by atoms with van der Waals surface area (Å²) < 4.78 is 6.85. The van der Waals surface area contributed by atoms with Gasteiger partial charge in [-0.3, -0.25) is 9.59 Å². The summed E-state index contributed by atoms with van der Waals surface area (Å²) in [5, 5.41) is 3.52. The number of hydrogen-bond donors (Lipinski definition) is 1. The van der Waals surface area contributed by atoms with Crippen LogP contribution < -0.4 is 10.1 Å². The SMILES string of the molecule is CCCCNC(=O)[C@H](CC)N(Cc1ccccc1Cl)C(=O)COc1cc(C)c(Br)c(C)c1. The summed E-state index contributed by atoms with van der Waals surface area (Å²) in [6.07, 6.45) is 2.37. The second-order valence-corrected chi connectivity index (χ2v) is 9.04. The van der Waals surface area contributed by atoms with Crippen LogP contribution in [-0.4, -0.2) is 35.9 Å². The fraction of sp³-hybridized carbons (Fsp3) is 0.440. The first-order chi connectivity index (χ1) is 15.3. The maximum Gasteiger partial charge on any atom is 0.261 e. The predicted octanol–water partition coefficient (Wildman–Crippen LogP) is 5.82. The topological polar surface area (TPSA) is 58.6 Å². The number of unbranched alkanes of at least 4 members (excludes halogenated alkanes) is 1. The van der Waals surface area contributed by atoms with Crippen molar-refractivity contribution in [3.8, 4) is 5.75 Å². The number of aryl methyl sites for hydroxylation is 2. The number of rotatable bonds is 11. The lowest BCUT2D eigenvalue weighted by Gasteiger charge is -2.31. The maximum absolute atomic E-state index is 13.3. The molecule has 0 heterocycles. The molecule has 5 nitrogen and oxygen atoms in total. The van der Waals surface area contributed by atoms with Gasteiger partial charge in [-0.15, -0.1) is 0 Å². The van der Waals surface area contributed by atoms with Crippen LogP contribution in [0.25, 0.3) is 0 Å². The van der Waals surface area contributed by atoms with E-state index in [4.69, 9.17) is 16.3 Å². The lowest BCUT2D eigenvalue weighted by atomic mass is 10.1. The van der Waals surface area contributed by atoms with Crippen LogP contribution in [0.15, 0.2) is 40.9 Å². The Bertz CT molecular complexity index is 912. The molecule has 0 saturated heterocycles. The highest BCUT2D eigenvalue weighted by atomic mass is 79.9. The van der Waals surface area contributed by atoms with Crippen LogP contribution >= 0.6 is 27.5 Å². The molecule has 2 aromatic rings. The van der Waals surface area contributed by atoms with Crippen molar-refractivity contribution in [1.29, 1.82) is 0 Å². The molecular formula is C25H32BrClN2O3. The Labute approximate surface area is 204 Å². The molecule has 0 aliphatic heterocycles. The van der Waals surface area contributed by atoms with E-state index in [2.05, 4.69) is 28.2 Å². The molecule has 7 heteroatoms. The summed E-state index contributed by atoms with van der Waals surface area (Å²) in [5.74, 6) is 0.201.